The van der Waals surface area contributed by atoms with E-state index in [0.29, 0.717) is 18.6 Å². The maximum atomic E-state index is 10.6. The molecule has 0 spiro atoms. The van der Waals surface area contributed by atoms with Crippen LogP contribution in [-0.2, 0) is 4.79 Å². The molecule has 0 aromatic rings. The molecule has 0 aliphatic heterocycles. The molecule has 0 heterocycles. The van der Waals surface area contributed by atoms with E-state index in [9.17, 15) is 4.79 Å². The number of aliphatic carboxylic acids is 1. The predicted molar refractivity (Wildman–Crippen MR) is 60.9 cm³/mol. The fraction of sp³-hybridized carbons (Fsp3) is 0.917. The molecule has 0 saturated heterocycles. The Balaban J connectivity index is 2.46. The standard InChI is InChI=1S/C12H23NO2/c1-9(2)13(7-6-12(14)15)11-5-4-10(3)8-11/h9-11H,4-8H2,1-3H3,(H,14,15). The van der Waals surface area contributed by atoms with Crippen LogP contribution in [0.15, 0.2) is 0 Å². The molecule has 0 amide bonds. The Kier molecular flexibility index (Phi) is 4.58. The molecule has 2 atom stereocenters. The van der Waals surface area contributed by atoms with Crippen molar-refractivity contribution in [1.29, 1.82) is 0 Å². The highest BCUT2D eigenvalue weighted by atomic mass is 16.4. The lowest BCUT2D eigenvalue weighted by atomic mass is 10.1. The second-order valence-electron chi connectivity index (χ2n) is 5.05. The van der Waals surface area contributed by atoms with Crippen LogP contribution in [0.3, 0.4) is 0 Å². The zero-order valence-corrected chi connectivity index (χ0v) is 10.1. The molecule has 1 rings (SSSR count). The average molecular weight is 213 g/mol. The first kappa shape index (κ1) is 12.5. The summed E-state index contributed by atoms with van der Waals surface area (Å²) in [7, 11) is 0. The van der Waals surface area contributed by atoms with Crippen molar-refractivity contribution in [3.05, 3.63) is 0 Å². The van der Waals surface area contributed by atoms with E-state index in [4.69, 9.17) is 5.11 Å². The molecular formula is C12H23NO2. The number of hydrogen-bond acceptors (Lipinski definition) is 2. The zero-order chi connectivity index (χ0) is 11.4. The first-order valence-electron chi connectivity index (χ1n) is 5.98. The minimum Gasteiger partial charge on any atom is -0.481 e. The van der Waals surface area contributed by atoms with E-state index in [2.05, 4.69) is 25.7 Å². The van der Waals surface area contributed by atoms with E-state index >= 15 is 0 Å². The molecule has 1 fully saturated rings. The van der Waals surface area contributed by atoms with Crippen LogP contribution in [0.4, 0.5) is 0 Å². The van der Waals surface area contributed by atoms with Gasteiger partial charge in [-0.1, -0.05) is 6.92 Å². The summed E-state index contributed by atoms with van der Waals surface area (Å²) in [6.45, 7) is 7.30. The van der Waals surface area contributed by atoms with Crippen molar-refractivity contribution >= 4 is 5.97 Å². The molecule has 1 aliphatic rings. The van der Waals surface area contributed by atoms with Crippen LogP contribution < -0.4 is 0 Å². The number of rotatable bonds is 5. The van der Waals surface area contributed by atoms with E-state index in [0.717, 1.165) is 5.92 Å². The van der Waals surface area contributed by atoms with Crippen molar-refractivity contribution in [1.82, 2.24) is 4.90 Å². The number of carbonyl (C=O) groups is 1. The number of carboxylic acids is 1. The van der Waals surface area contributed by atoms with Gasteiger partial charge in [-0.15, -0.1) is 0 Å². The highest BCUT2D eigenvalue weighted by Crippen LogP contribution is 2.29. The monoisotopic (exact) mass is 213 g/mol. The lowest BCUT2D eigenvalue weighted by Gasteiger charge is -2.32. The molecule has 1 saturated carbocycles. The van der Waals surface area contributed by atoms with E-state index in [1.54, 1.807) is 0 Å². The Morgan fingerprint density at radius 2 is 2.13 bits per heavy atom. The summed E-state index contributed by atoms with van der Waals surface area (Å²) < 4.78 is 0. The van der Waals surface area contributed by atoms with E-state index in [1.165, 1.54) is 19.3 Å². The minimum atomic E-state index is -0.688. The maximum absolute atomic E-state index is 10.6. The smallest absolute Gasteiger partial charge is 0.304 e. The molecule has 15 heavy (non-hydrogen) atoms. The summed E-state index contributed by atoms with van der Waals surface area (Å²) in [6.07, 6.45) is 4.03. The van der Waals surface area contributed by atoms with Crippen molar-refractivity contribution in [2.45, 2.75) is 58.5 Å². The van der Waals surface area contributed by atoms with Gasteiger partial charge in [0, 0.05) is 18.6 Å². The summed E-state index contributed by atoms with van der Waals surface area (Å²) in [5.74, 6) is 0.118. The lowest BCUT2D eigenvalue weighted by molar-refractivity contribution is -0.137. The highest BCUT2D eigenvalue weighted by molar-refractivity contribution is 5.66. The quantitative estimate of drug-likeness (QED) is 0.762. The highest BCUT2D eigenvalue weighted by Gasteiger charge is 2.28. The molecular weight excluding hydrogens is 190 g/mol. The topological polar surface area (TPSA) is 40.5 Å². The third-order valence-electron chi connectivity index (χ3n) is 3.38. The van der Waals surface area contributed by atoms with E-state index < -0.39 is 5.97 Å². The molecule has 3 heteroatoms. The van der Waals surface area contributed by atoms with Gasteiger partial charge in [0.2, 0.25) is 0 Å². The fourth-order valence-electron chi connectivity index (χ4n) is 2.57. The van der Waals surface area contributed by atoms with Gasteiger partial charge in [0.05, 0.1) is 6.42 Å². The summed E-state index contributed by atoms with van der Waals surface area (Å²) >= 11 is 0. The van der Waals surface area contributed by atoms with Crippen LogP contribution in [0.5, 0.6) is 0 Å². The first-order valence-corrected chi connectivity index (χ1v) is 5.98. The summed E-state index contributed by atoms with van der Waals surface area (Å²) in [4.78, 5) is 12.9. The van der Waals surface area contributed by atoms with Gasteiger partial charge in [0.25, 0.3) is 0 Å². The van der Waals surface area contributed by atoms with Crippen LogP contribution >= 0.6 is 0 Å². The summed E-state index contributed by atoms with van der Waals surface area (Å²) in [6, 6.07) is 1.07. The predicted octanol–water partition coefficient (Wildman–Crippen LogP) is 2.36. The van der Waals surface area contributed by atoms with Gasteiger partial charge in [-0.25, -0.2) is 0 Å². The van der Waals surface area contributed by atoms with Gasteiger partial charge in [-0.2, -0.15) is 0 Å². The molecule has 3 nitrogen and oxygen atoms in total. The Bertz CT molecular complexity index is 216. The second kappa shape index (κ2) is 5.50. The number of hydrogen-bond donors (Lipinski definition) is 1. The number of nitrogens with zero attached hydrogens (tertiary/aromatic N) is 1. The molecule has 0 aromatic heterocycles. The van der Waals surface area contributed by atoms with Gasteiger partial charge >= 0.3 is 5.97 Å². The molecule has 1 aliphatic carbocycles. The third-order valence-corrected chi connectivity index (χ3v) is 3.38. The first-order chi connectivity index (χ1) is 7.00. The SMILES string of the molecule is CC1CCC(N(CCC(=O)O)C(C)C)C1. The molecule has 88 valence electrons. The van der Waals surface area contributed by atoms with Gasteiger partial charge in [-0.3, -0.25) is 9.69 Å². The Hall–Kier alpha value is -0.570. The average Bonchev–Trinajstić information content (AvgIpc) is 2.51. The summed E-state index contributed by atoms with van der Waals surface area (Å²) in [5, 5.41) is 8.71. The van der Waals surface area contributed by atoms with Gasteiger partial charge in [-0.05, 0) is 39.0 Å². The molecule has 0 radical (unpaired) electrons. The van der Waals surface area contributed by atoms with Crippen molar-refractivity contribution in [2.24, 2.45) is 5.92 Å². The second-order valence-corrected chi connectivity index (χ2v) is 5.05. The van der Waals surface area contributed by atoms with Crippen molar-refractivity contribution < 1.29 is 9.90 Å². The van der Waals surface area contributed by atoms with Crippen molar-refractivity contribution in [2.75, 3.05) is 6.54 Å². The fourth-order valence-corrected chi connectivity index (χ4v) is 2.57. The Morgan fingerprint density at radius 1 is 1.47 bits per heavy atom. The Labute approximate surface area is 92.5 Å². The maximum Gasteiger partial charge on any atom is 0.304 e. The molecule has 1 N–H and O–H groups in total. The van der Waals surface area contributed by atoms with Crippen LogP contribution in [0.1, 0.15) is 46.5 Å². The molecule has 2 unspecified atom stereocenters. The van der Waals surface area contributed by atoms with Crippen LogP contribution in [0.2, 0.25) is 0 Å². The van der Waals surface area contributed by atoms with Crippen LogP contribution in [0.25, 0.3) is 0 Å². The van der Waals surface area contributed by atoms with Gasteiger partial charge in [0.15, 0.2) is 0 Å². The normalized spacial score (nSPS) is 26.5. The largest absolute Gasteiger partial charge is 0.481 e. The van der Waals surface area contributed by atoms with Gasteiger partial charge in [0.1, 0.15) is 0 Å². The summed E-state index contributed by atoms with van der Waals surface area (Å²) in [5.41, 5.74) is 0. The Morgan fingerprint density at radius 3 is 2.53 bits per heavy atom. The van der Waals surface area contributed by atoms with Gasteiger partial charge < -0.3 is 5.11 Å². The minimum absolute atomic E-state index is 0.267. The molecule has 0 aromatic carbocycles. The lowest BCUT2D eigenvalue weighted by Crippen LogP contribution is -2.40. The van der Waals surface area contributed by atoms with Crippen LogP contribution in [0, 0.1) is 5.92 Å². The van der Waals surface area contributed by atoms with E-state index in [-0.39, 0.29) is 6.42 Å². The number of carboxylic acid groups (broad SMARTS) is 1. The van der Waals surface area contributed by atoms with E-state index in [1.807, 2.05) is 0 Å². The zero-order valence-electron chi connectivity index (χ0n) is 10.1. The van der Waals surface area contributed by atoms with Crippen molar-refractivity contribution in [3.63, 3.8) is 0 Å². The van der Waals surface area contributed by atoms with Crippen LogP contribution in [-0.4, -0.2) is 34.6 Å². The van der Waals surface area contributed by atoms with Crippen molar-refractivity contribution in [3.8, 4) is 0 Å². The molecule has 0 bridgehead atoms. The third kappa shape index (κ3) is 3.82.